The monoisotopic (exact) mass is 381 g/mol. The molecule has 3 rings (SSSR count). The molecule has 1 aromatic heterocycles. The van der Waals surface area contributed by atoms with E-state index < -0.39 is 0 Å². The lowest BCUT2D eigenvalue weighted by Crippen LogP contribution is -1.93. The third kappa shape index (κ3) is 3.98. The molecule has 0 aliphatic carbocycles. The van der Waals surface area contributed by atoms with Gasteiger partial charge in [-0.3, -0.25) is 0 Å². The van der Waals surface area contributed by atoms with Gasteiger partial charge in [0.25, 0.3) is 0 Å². The van der Waals surface area contributed by atoms with Crippen LogP contribution in [0.3, 0.4) is 0 Å². The Kier molecular flexibility index (Phi) is 5.55. The van der Waals surface area contributed by atoms with Crippen molar-refractivity contribution in [2.45, 2.75) is 10.1 Å². The molecule has 124 valence electrons. The van der Waals surface area contributed by atoms with E-state index in [0.717, 1.165) is 15.8 Å². The van der Waals surface area contributed by atoms with Crippen molar-refractivity contribution in [3.8, 4) is 5.75 Å². The van der Waals surface area contributed by atoms with Gasteiger partial charge >= 0.3 is 0 Å². The van der Waals surface area contributed by atoms with Crippen molar-refractivity contribution in [2.75, 3.05) is 12.4 Å². The standard InChI is InChI=1S/C16H13ClFN3OS2/c1-22-14-8-3-2-7-13(14)19-15-20-21-16(24-15)23-9-10-11(17)5-4-6-12(10)18/h2-8H,9H2,1H3,(H,19,20). The third-order valence-electron chi connectivity index (χ3n) is 3.16. The SMILES string of the molecule is COc1ccccc1Nc1nnc(SCc2c(F)cccc2Cl)s1. The highest BCUT2D eigenvalue weighted by Crippen LogP contribution is 2.34. The average Bonchev–Trinajstić information content (AvgIpc) is 3.02. The van der Waals surface area contributed by atoms with Gasteiger partial charge < -0.3 is 10.1 Å². The van der Waals surface area contributed by atoms with Gasteiger partial charge in [0.2, 0.25) is 5.13 Å². The highest BCUT2D eigenvalue weighted by Gasteiger charge is 2.11. The first kappa shape index (κ1) is 17.0. The highest BCUT2D eigenvalue weighted by molar-refractivity contribution is 8.00. The summed E-state index contributed by atoms with van der Waals surface area (Å²) in [4.78, 5) is 0. The summed E-state index contributed by atoms with van der Waals surface area (Å²) in [7, 11) is 1.61. The van der Waals surface area contributed by atoms with E-state index in [-0.39, 0.29) is 5.82 Å². The van der Waals surface area contributed by atoms with E-state index in [1.54, 1.807) is 19.2 Å². The van der Waals surface area contributed by atoms with Gasteiger partial charge in [-0.25, -0.2) is 4.39 Å². The van der Waals surface area contributed by atoms with E-state index in [0.29, 0.717) is 21.5 Å². The van der Waals surface area contributed by atoms with Crippen molar-refractivity contribution in [1.29, 1.82) is 0 Å². The molecule has 0 aliphatic rings. The normalized spacial score (nSPS) is 10.6. The molecule has 0 unspecified atom stereocenters. The van der Waals surface area contributed by atoms with Crippen molar-refractivity contribution >= 4 is 45.5 Å². The van der Waals surface area contributed by atoms with Crippen molar-refractivity contribution in [3.05, 3.63) is 58.9 Å². The Morgan fingerprint density at radius 1 is 1.21 bits per heavy atom. The van der Waals surface area contributed by atoms with Crippen LogP contribution in [0.15, 0.2) is 46.8 Å². The van der Waals surface area contributed by atoms with Gasteiger partial charge in [-0.2, -0.15) is 0 Å². The topological polar surface area (TPSA) is 47.0 Å². The maximum absolute atomic E-state index is 13.8. The van der Waals surface area contributed by atoms with Crippen LogP contribution in [0.2, 0.25) is 5.02 Å². The summed E-state index contributed by atoms with van der Waals surface area (Å²) in [6.07, 6.45) is 0. The fraction of sp³-hybridized carbons (Fsp3) is 0.125. The fourth-order valence-electron chi connectivity index (χ4n) is 1.99. The van der Waals surface area contributed by atoms with Crippen molar-refractivity contribution < 1.29 is 9.13 Å². The molecule has 0 spiro atoms. The first-order valence-electron chi connectivity index (χ1n) is 6.96. The second kappa shape index (κ2) is 7.83. The molecule has 4 nitrogen and oxygen atoms in total. The van der Waals surface area contributed by atoms with Crippen molar-refractivity contribution in [2.24, 2.45) is 0 Å². The fourth-order valence-corrected chi connectivity index (χ4v) is 4.09. The number of methoxy groups -OCH3 is 1. The molecule has 1 N–H and O–H groups in total. The number of ether oxygens (including phenoxy) is 1. The van der Waals surface area contributed by atoms with Gasteiger partial charge in [0, 0.05) is 16.3 Å². The van der Waals surface area contributed by atoms with Gasteiger partial charge in [0.05, 0.1) is 12.8 Å². The number of rotatable bonds is 6. The number of nitrogens with zero attached hydrogens (tertiary/aromatic N) is 2. The van der Waals surface area contributed by atoms with Crippen LogP contribution in [-0.4, -0.2) is 17.3 Å². The minimum absolute atomic E-state index is 0.313. The minimum atomic E-state index is -0.313. The molecule has 1 heterocycles. The molecule has 2 aromatic carbocycles. The molecule has 0 atom stereocenters. The molecule has 24 heavy (non-hydrogen) atoms. The van der Waals surface area contributed by atoms with E-state index in [2.05, 4.69) is 15.5 Å². The number of aromatic nitrogens is 2. The zero-order valence-corrected chi connectivity index (χ0v) is 15.0. The number of halogens is 2. The summed E-state index contributed by atoms with van der Waals surface area (Å²) in [5, 5.41) is 12.4. The van der Waals surface area contributed by atoms with Crippen molar-refractivity contribution in [1.82, 2.24) is 10.2 Å². The number of hydrogen-bond acceptors (Lipinski definition) is 6. The number of anilines is 2. The van der Waals surface area contributed by atoms with Crippen LogP contribution in [-0.2, 0) is 5.75 Å². The van der Waals surface area contributed by atoms with Crippen LogP contribution in [0.25, 0.3) is 0 Å². The van der Waals surface area contributed by atoms with Gasteiger partial charge in [0.1, 0.15) is 11.6 Å². The summed E-state index contributed by atoms with van der Waals surface area (Å²) in [5.41, 5.74) is 1.28. The molecular weight excluding hydrogens is 369 g/mol. The molecule has 0 fully saturated rings. The van der Waals surface area contributed by atoms with Crippen LogP contribution in [0.4, 0.5) is 15.2 Å². The second-order valence-electron chi connectivity index (χ2n) is 4.69. The molecular formula is C16H13ClFN3OS2. The molecule has 3 aromatic rings. The largest absolute Gasteiger partial charge is 0.495 e. The van der Waals surface area contributed by atoms with Crippen LogP contribution in [0.1, 0.15) is 5.56 Å². The molecule has 0 saturated carbocycles. The Morgan fingerprint density at radius 2 is 2.04 bits per heavy atom. The zero-order valence-electron chi connectivity index (χ0n) is 12.6. The number of hydrogen-bond donors (Lipinski definition) is 1. The number of nitrogens with one attached hydrogen (secondary N) is 1. The first-order valence-corrected chi connectivity index (χ1v) is 9.14. The van der Waals surface area contributed by atoms with Gasteiger partial charge in [-0.05, 0) is 24.3 Å². The quantitative estimate of drug-likeness (QED) is 0.581. The molecule has 0 aliphatic heterocycles. The van der Waals surface area contributed by atoms with Crippen LogP contribution in [0, 0.1) is 5.82 Å². The Labute approximate surface area is 152 Å². The third-order valence-corrected chi connectivity index (χ3v) is 5.51. The highest BCUT2D eigenvalue weighted by atomic mass is 35.5. The van der Waals surface area contributed by atoms with E-state index in [1.165, 1.54) is 29.2 Å². The van der Waals surface area contributed by atoms with Crippen LogP contribution in [0.5, 0.6) is 5.75 Å². The van der Waals surface area contributed by atoms with Gasteiger partial charge in [0.15, 0.2) is 4.34 Å². The predicted octanol–water partition coefficient (Wildman–Crippen LogP) is 5.38. The van der Waals surface area contributed by atoms with Crippen molar-refractivity contribution in [3.63, 3.8) is 0 Å². The summed E-state index contributed by atoms with van der Waals surface area (Å²) in [6.45, 7) is 0. The number of benzene rings is 2. The maximum Gasteiger partial charge on any atom is 0.210 e. The summed E-state index contributed by atoms with van der Waals surface area (Å²) in [6, 6.07) is 12.2. The van der Waals surface area contributed by atoms with E-state index in [9.17, 15) is 4.39 Å². The predicted molar refractivity (Wildman–Crippen MR) is 97.2 cm³/mol. The smallest absolute Gasteiger partial charge is 0.210 e. The molecule has 0 radical (unpaired) electrons. The van der Waals surface area contributed by atoms with E-state index in [1.807, 2.05) is 24.3 Å². The zero-order chi connectivity index (χ0) is 16.9. The lowest BCUT2D eigenvalue weighted by atomic mass is 10.2. The summed E-state index contributed by atoms with van der Waals surface area (Å²) < 4.78 is 19.8. The first-order chi connectivity index (χ1) is 11.7. The Hall–Kier alpha value is -1.83. The average molecular weight is 382 g/mol. The molecule has 0 bridgehead atoms. The van der Waals surface area contributed by atoms with Gasteiger partial charge in [-0.1, -0.05) is 52.9 Å². The van der Waals surface area contributed by atoms with E-state index >= 15 is 0 Å². The maximum atomic E-state index is 13.8. The Balaban J connectivity index is 1.68. The Bertz CT molecular complexity index is 823. The summed E-state index contributed by atoms with van der Waals surface area (Å²) >= 11 is 8.81. The van der Waals surface area contributed by atoms with E-state index in [4.69, 9.17) is 16.3 Å². The molecule has 8 heteroatoms. The lowest BCUT2D eigenvalue weighted by Gasteiger charge is -2.07. The molecule has 0 saturated heterocycles. The Morgan fingerprint density at radius 3 is 2.83 bits per heavy atom. The van der Waals surface area contributed by atoms with Crippen LogP contribution < -0.4 is 10.1 Å². The summed E-state index contributed by atoms with van der Waals surface area (Å²) in [5.74, 6) is 0.807. The molecule has 0 amide bonds. The lowest BCUT2D eigenvalue weighted by molar-refractivity contribution is 0.417. The second-order valence-corrected chi connectivity index (χ2v) is 7.29. The van der Waals surface area contributed by atoms with Crippen LogP contribution >= 0.6 is 34.7 Å². The van der Waals surface area contributed by atoms with Gasteiger partial charge in [-0.15, -0.1) is 10.2 Å². The minimum Gasteiger partial charge on any atom is -0.495 e. The number of para-hydroxylation sites is 2. The number of thioether (sulfide) groups is 1.